The quantitative estimate of drug-likeness (QED) is 0.243. The van der Waals surface area contributed by atoms with Crippen molar-refractivity contribution in [3.8, 4) is 17.2 Å². The number of benzene rings is 3. The molecule has 10 heteroatoms. The van der Waals surface area contributed by atoms with Gasteiger partial charge in [0.25, 0.3) is 5.56 Å². The lowest BCUT2D eigenvalue weighted by Gasteiger charge is -2.27. The smallest absolute Gasteiger partial charge is 0.317 e. The molecule has 6 rings (SSSR count). The van der Waals surface area contributed by atoms with E-state index in [1.807, 2.05) is 66.7 Å². The molecule has 2 aromatic heterocycles. The number of amides is 2. The number of hydrogen-bond donors (Lipinski definition) is 3. The van der Waals surface area contributed by atoms with Gasteiger partial charge in [-0.3, -0.25) is 4.79 Å². The van der Waals surface area contributed by atoms with Crippen LogP contribution in [0.4, 0.5) is 4.79 Å². The fraction of sp³-hybridized carbons (Fsp3) is 0.294. The van der Waals surface area contributed by atoms with E-state index in [1.165, 1.54) is 0 Å². The number of carbonyl (C=O) groups excluding carboxylic acids is 1. The van der Waals surface area contributed by atoms with Crippen LogP contribution < -0.4 is 20.3 Å². The number of carbonyl (C=O) groups is 1. The van der Waals surface area contributed by atoms with Gasteiger partial charge in [-0.15, -0.1) is 0 Å². The summed E-state index contributed by atoms with van der Waals surface area (Å²) in [5.74, 6) is 0.557. The summed E-state index contributed by atoms with van der Waals surface area (Å²) < 4.78 is 18.1. The van der Waals surface area contributed by atoms with Gasteiger partial charge in [0.15, 0.2) is 0 Å². The molecule has 0 aliphatic carbocycles. The molecule has 2 amide bonds. The van der Waals surface area contributed by atoms with Crippen molar-refractivity contribution >= 4 is 27.8 Å². The Hall–Kier alpha value is -4.96. The van der Waals surface area contributed by atoms with E-state index >= 15 is 0 Å². The van der Waals surface area contributed by atoms with E-state index in [-0.39, 0.29) is 22.9 Å². The highest BCUT2D eigenvalue weighted by atomic mass is 16.5. The number of aromatic amines is 1. The van der Waals surface area contributed by atoms with Crippen LogP contribution in [-0.2, 0) is 18.2 Å². The minimum atomic E-state index is -0.684. The molecule has 1 unspecified atom stereocenters. The predicted molar refractivity (Wildman–Crippen MR) is 169 cm³/mol. The van der Waals surface area contributed by atoms with Crippen LogP contribution in [0.3, 0.4) is 0 Å². The third-order valence-corrected chi connectivity index (χ3v) is 8.41. The van der Waals surface area contributed by atoms with Gasteiger partial charge in [0.1, 0.15) is 17.2 Å². The number of nitrogens with zero attached hydrogens (tertiary/aromatic N) is 2. The van der Waals surface area contributed by atoms with Crippen molar-refractivity contribution in [2.75, 3.05) is 47.1 Å². The molecule has 0 radical (unpaired) electrons. The van der Waals surface area contributed by atoms with Crippen LogP contribution in [0.25, 0.3) is 21.8 Å². The van der Waals surface area contributed by atoms with Crippen LogP contribution in [-0.4, -0.2) is 72.7 Å². The van der Waals surface area contributed by atoms with Gasteiger partial charge in [0.05, 0.1) is 44.4 Å². The maximum atomic E-state index is 14.1. The molecule has 1 fully saturated rings. The van der Waals surface area contributed by atoms with Crippen LogP contribution in [0.1, 0.15) is 28.3 Å². The summed E-state index contributed by atoms with van der Waals surface area (Å²) in [4.78, 5) is 32.4. The zero-order valence-electron chi connectivity index (χ0n) is 25.1. The summed E-state index contributed by atoms with van der Waals surface area (Å²) in [5.41, 5.74) is 3.84. The molecule has 1 aliphatic heterocycles. The Morgan fingerprint density at radius 1 is 1.00 bits per heavy atom. The van der Waals surface area contributed by atoms with Gasteiger partial charge in [-0.1, -0.05) is 24.3 Å². The Kier molecular flexibility index (Phi) is 8.17. The number of urea groups is 1. The maximum Gasteiger partial charge on any atom is 0.317 e. The maximum absolute atomic E-state index is 14.1. The number of morpholine rings is 1. The molecule has 3 heterocycles. The van der Waals surface area contributed by atoms with Gasteiger partial charge in [-0.25, -0.2) is 4.79 Å². The Labute approximate surface area is 254 Å². The van der Waals surface area contributed by atoms with E-state index in [1.54, 1.807) is 30.7 Å². The number of nitrogens with one attached hydrogen (secondary N) is 2. The number of methoxy groups -OCH3 is 2. The van der Waals surface area contributed by atoms with Crippen LogP contribution in [0.2, 0.25) is 0 Å². The lowest BCUT2D eigenvalue weighted by atomic mass is 9.85. The summed E-state index contributed by atoms with van der Waals surface area (Å²) in [6, 6.07) is 20.5. The number of aromatic nitrogens is 2. The van der Waals surface area contributed by atoms with Gasteiger partial charge in [-0.2, -0.15) is 0 Å². The fourth-order valence-electron chi connectivity index (χ4n) is 6.12. The topological polar surface area (TPSA) is 118 Å². The average molecular weight is 597 g/mol. The largest absolute Gasteiger partial charge is 0.507 e. The van der Waals surface area contributed by atoms with Crippen LogP contribution in [0.5, 0.6) is 17.2 Å². The molecule has 5 aromatic rings. The summed E-state index contributed by atoms with van der Waals surface area (Å²) in [6.45, 7) is 2.49. The second kappa shape index (κ2) is 12.3. The van der Waals surface area contributed by atoms with Gasteiger partial charge < -0.3 is 39.1 Å². The highest BCUT2D eigenvalue weighted by Crippen LogP contribution is 2.42. The van der Waals surface area contributed by atoms with Crippen molar-refractivity contribution in [3.05, 3.63) is 99.5 Å². The van der Waals surface area contributed by atoms with Crippen LogP contribution in [0.15, 0.2) is 71.5 Å². The second-order valence-corrected chi connectivity index (χ2v) is 10.9. The molecule has 0 spiro atoms. The first kappa shape index (κ1) is 29.1. The molecule has 1 aliphatic rings. The van der Waals surface area contributed by atoms with Gasteiger partial charge in [0.2, 0.25) is 0 Å². The molecular formula is C34H36N4O6. The molecule has 44 heavy (non-hydrogen) atoms. The Morgan fingerprint density at radius 3 is 2.52 bits per heavy atom. The number of H-pyrrole nitrogens is 1. The molecule has 228 valence electrons. The van der Waals surface area contributed by atoms with Gasteiger partial charge >= 0.3 is 6.03 Å². The molecule has 3 aromatic carbocycles. The number of para-hydroxylation sites is 1. The second-order valence-electron chi connectivity index (χ2n) is 10.9. The lowest BCUT2D eigenvalue weighted by Crippen LogP contribution is -2.46. The molecule has 1 saturated heterocycles. The third kappa shape index (κ3) is 5.33. The highest BCUT2D eigenvalue weighted by Gasteiger charge is 2.31. The first-order valence-electron chi connectivity index (χ1n) is 14.6. The van der Waals surface area contributed by atoms with Crippen LogP contribution >= 0.6 is 0 Å². The van der Waals surface area contributed by atoms with Crippen molar-refractivity contribution in [3.63, 3.8) is 0 Å². The summed E-state index contributed by atoms with van der Waals surface area (Å²) in [7, 11) is 4.93. The SMILES string of the molecule is COc1cccc(C(c2[nH]c3ccc(OC)cc3c2CCNC(=O)N2CCOCC2)c2c(O)c3ccccc3n(C)c2=O)c1. The van der Waals surface area contributed by atoms with Crippen LogP contribution in [0, 0.1) is 0 Å². The standard InChI is InChI=1S/C34H36N4O6/c1-37-28-10-5-4-9-25(28)32(39)30(33(37)40)29(21-7-6-8-22(19-21)42-2)31-24(26-20-23(43-3)11-12-27(26)36-31)13-14-35-34(41)38-15-17-44-18-16-38/h4-12,19-20,29,36,39H,13-18H2,1-3H3,(H,35,41). The minimum absolute atomic E-state index is 0.0701. The van der Waals surface area contributed by atoms with Gasteiger partial charge in [-0.05, 0) is 60.0 Å². The zero-order chi connectivity index (χ0) is 30.8. The number of ether oxygens (including phenoxy) is 3. The zero-order valence-corrected chi connectivity index (χ0v) is 25.1. The number of aromatic hydroxyl groups is 1. The van der Waals surface area contributed by atoms with E-state index in [0.29, 0.717) is 61.7 Å². The molecular weight excluding hydrogens is 560 g/mol. The van der Waals surface area contributed by atoms with E-state index in [4.69, 9.17) is 14.2 Å². The van der Waals surface area contributed by atoms with E-state index < -0.39 is 5.92 Å². The number of aryl methyl sites for hydroxylation is 1. The van der Waals surface area contributed by atoms with Crippen molar-refractivity contribution in [1.82, 2.24) is 19.8 Å². The third-order valence-electron chi connectivity index (χ3n) is 8.41. The predicted octanol–water partition coefficient (Wildman–Crippen LogP) is 4.51. The molecule has 10 nitrogen and oxygen atoms in total. The number of pyridine rings is 1. The molecule has 0 saturated carbocycles. The first-order valence-corrected chi connectivity index (χ1v) is 14.6. The Balaban J connectivity index is 1.53. The molecule has 0 bridgehead atoms. The van der Waals surface area contributed by atoms with E-state index in [0.717, 1.165) is 27.7 Å². The summed E-state index contributed by atoms with van der Waals surface area (Å²) >= 11 is 0. The Morgan fingerprint density at radius 2 is 1.75 bits per heavy atom. The van der Waals surface area contributed by atoms with Crippen molar-refractivity contribution < 1.29 is 24.1 Å². The number of rotatable bonds is 8. The van der Waals surface area contributed by atoms with Crippen molar-refractivity contribution in [2.45, 2.75) is 12.3 Å². The number of hydrogen-bond acceptors (Lipinski definition) is 6. The van der Waals surface area contributed by atoms with Gasteiger partial charge in [0, 0.05) is 48.7 Å². The lowest BCUT2D eigenvalue weighted by molar-refractivity contribution is 0.0533. The summed E-state index contributed by atoms with van der Waals surface area (Å²) in [6.07, 6.45) is 0.466. The Bertz CT molecular complexity index is 1890. The van der Waals surface area contributed by atoms with E-state index in [2.05, 4.69) is 10.3 Å². The molecule has 3 N–H and O–H groups in total. The van der Waals surface area contributed by atoms with Crippen molar-refractivity contribution in [1.29, 1.82) is 0 Å². The van der Waals surface area contributed by atoms with Crippen molar-refractivity contribution in [2.24, 2.45) is 7.05 Å². The summed E-state index contributed by atoms with van der Waals surface area (Å²) in [5, 5.41) is 16.3. The fourth-order valence-corrected chi connectivity index (χ4v) is 6.12. The monoisotopic (exact) mass is 596 g/mol. The highest BCUT2D eigenvalue weighted by molar-refractivity contribution is 5.89. The normalized spacial score (nSPS) is 14.1. The average Bonchev–Trinajstić information content (AvgIpc) is 3.42. The molecule has 1 atom stereocenters. The van der Waals surface area contributed by atoms with E-state index in [9.17, 15) is 14.7 Å². The minimum Gasteiger partial charge on any atom is -0.507 e. The number of fused-ring (bicyclic) bond motifs is 2. The first-order chi connectivity index (χ1) is 21.4.